The Hall–Kier alpha value is -4.70. The van der Waals surface area contributed by atoms with Crippen LogP contribution in [0.15, 0.2) is 101 Å². The second-order valence-corrected chi connectivity index (χ2v) is 15.2. The molecule has 50 heavy (non-hydrogen) atoms. The van der Waals surface area contributed by atoms with Crippen LogP contribution in [0.5, 0.6) is 0 Å². The van der Waals surface area contributed by atoms with Crippen molar-refractivity contribution in [2.24, 2.45) is 11.7 Å². The van der Waals surface area contributed by atoms with Crippen LogP contribution in [-0.4, -0.2) is 72.4 Å². The van der Waals surface area contributed by atoms with Crippen molar-refractivity contribution in [2.45, 2.75) is 35.1 Å². The van der Waals surface area contributed by atoms with E-state index < -0.39 is 38.0 Å². The number of nitrogens with two attached hydrogens (primary N) is 1. The summed E-state index contributed by atoms with van der Waals surface area (Å²) in [5.74, 6) is -1.11. The average molecular weight is 743 g/mol. The van der Waals surface area contributed by atoms with Gasteiger partial charge in [0.2, 0.25) is 15.9 Å². The Balaban J connectivity index is 0.00000562. The van der Waals surface area contributed by atoms with Gasteiger partial charge in [0, 0.05) is 25.3 Å². The molecule has 0 spiro atoms. The summed E-state index contributed by atoms with van der Waals surface area (Å²) in [5.41, 5.74) is 6.69. The first kappa shape index (κ1) is 38.1. The van der Waals surface area contributed by atoms with Crippen molar-refractivity contribution in [3.63, 3.8) is 0 Å². The number of likely N-dealkylation sites (tertiary alicyclic amines) is 1. The Kier molecular flexibility index (Phi) is 12.5. The van der Waals surface area contributed by atoms with E-state index in [2.05, 4.69) is 19.5 Å². The van der Waals surface area contributed by atoms with Crippen molar-refractivity contribution in [1.82, 2.24) is 14.9 Å². The lowest BCUT2D eigenvalue weighted by molar-refractivity contribution is -0.123. The minimum atomic E-state index is -4.14. The molecule has 0 aromatic heterocycles. The molecule has 6 N–H and O–H groups in total. The number of amides is 1. The molecule has 0 bridgehead atoms. The summed E-state index contributed by atoms with van der Waals surface area (Å²) >= 11 is 0. The topological polar surface area (TPSA) is 201 Å². The second-order valence-electron chi connectivity index (χ2n) is 11.8. The molecule has 1 fully saturated rings. The Bertz CT molecular complexity index is 2060. The highest BCUT2D eigenvalue weighted by Gasteiger charge is 2.28. The lowest BCUT2D eigenvalue weighted by Crippen LogP contribution is -2.51. The molecule has 16 heteroatoms. The number of esters is 1. The predicted octanol–water partition coefficient (Wildman–Crippen LogP) is 3.46. The standard InChI is InChI=1S/C34H38N6O7S2.ClH/c1-47-33(42)26-11-15-29(16-12-26)48(43,44)38-28-13-8-23(9-14-28)19-31(32(41)37-21-24-5-4-18-40(22-24)34(35)36)39-49(45,46)30-17-10-25-6-2-3-7-27(25)20-30;/h2-3,6-17,20,24,31,38-39H,4-5,18-19,21-22H2,1H3,(H3,35,36)(H,37,41);1H/t24?,31-;/m1./s1. The molecular weight excluding hydrogens is 704 g/mol. The monoisotopic (exact) mass is 742 g/mol. The highest BCUT2D eigenvalue weighted by atomic mass is 35.5. The quantitative estimate of drug-likeness (QED) is 0.0819. The number of ether oxygens (including phenoxy) is 1. The number of hydrogen-bond donors (Lipinski definition) is 5. The van der Waals surface area contributed by atoms with E-state index in [0.717, 1.165) is 23.6 Å². The van der Waals surface area contributed by atoms with Crippen molar-refractivity contribution >= 4 is 66.7 Å². The fourth-order valence-electron chi connectivity index (χ4n) is 5.64. The van der Waals surface area contributed by atoms with Gasteiger partial charge in [-0.25, -0.2) is 21.6 Å². The van der Waals surface area contributed by atoms with Crippen LogP contribution in [-0.2, 0) is 36.0 Å². The van der Waals surface area contributed by atoms with Crippen molar-refractivity contribution in [3.8, 4) is 0 Å². The van der Waals surface area contributed by atoms with Gasteiger partial charge < -0.3 is 20.7 Å². The van der Waals surface area contributed by atoms with Crippen molar-refractivity contribution in [2.75, 3.05) is 31.5 Å². The van der Waals surface area contributed by atoms with E-state index in [-0.39, 0.29) is 58.3 Å². The van der Waals surface area contributed by atoms with Gasteiger partial charge in [0.05, 0.1) is 22.5 Å². The van der Waals surface area contributed by atoms with Crippen LogP contribution in [0, 0.1) is 11.3 Å². The van der Waals surface area contributed by atoms with E-state index in [4.69, 9.17) is 11.1 Å². The van der Waals surface area contributed by atoms with Crippen molar-refractivity contribution in [3.05, 3.63) is 102 Å². The summed E-state index contributed by atoms with van der Waals surface area (Å²) in [4.78, 5) is 27.0. The summed E-state index contributed by atoms with van der Waals surface area (Å²) in [6.45, 7) is 1.45. The Morgan fingerprint density at radius 3 is 2.24 bits per heavy atom. The molecule has 5 rings (SSSR count). The van der Waals surface area contributed by atoms with Gasteiger partial charge in [-0.3, -0.25) is 14.9 Å². The molecule has 0 saturated carbocycles. The SMILES string of the molecule is COC(=O)c1ccc(S(=O)(=O)Nc2ccc(C[C@@H](NS(=O)(=O)c3ccc4ccccc4c3)C(=O)NCC3CCCN(C(=N)N)C3)cc2)cc1.Cl. The van der Waals surface area contributed by atoms with E-state index in [9.17, 15) is 26.4 Å². The first-order chi connectivity index (χ1) is 23.3. The minimum Gasteiger partial charge on any atom is -0.465 e. The van der Waals surface area contributed by atoms with E-state index >= 15 is 0 Å². The third-order valence-corrected chi connectivity index (χ3v) is 11.2. The molecule has 13 nitrogen and oxygen atoms in total. The Labute approximate surface area is 297 Å². The highest BCUT2D eigenvalue weighted by Crippen LogP contribution is 2.22. The summed E-state index contributed by atoms with van der Waals surface area (Å²) in [6, 6.07) is 22.4. The molecule has 1 aliphatic heterocycles. The van der Waals surface area contributed by atoms with Gasteiger partial charge in [0.25, 0.3) is 10.0 Å². The van der Waals surface area contributed by atoms with E-state index in [1.165, 1.54) is 49.6 Å². The normalized spacial score (nSPS) is 15.4. The fraction of sp³-hybridized carbons (Fsp3) is 0.265. The smallest absolute Gasteiger partial charge is 0.337 e. The number of methoxy groups -OCH3 is 1. The van der Waals surface area contributed by atoms with Crippen LogP contribution < -0.4 is 20.5 Å². The van der Waals surface area contributed by atoms with Crippen LogP contribution >= 0.6 is 12.4 Å². The van der Waals surface area contributed by atoms with Gasteiger partial charge in [-0.05, 0) is 90.0 Å². The molecule has 1 unspecified atom stereocenters. The number of sulfonamides is 2. The van der Waals surface area contributed by atoms with Gasteiger partial charge in [-0.15, -0.1) is 12.4 Å². The van der Waals surface area contributed by atoms with Crippen LogP contribution in [0.3, 0.4) is 0 Å². The third kappa shape index (κ3) is 9.50. The third-order valence-electron chi connectivity index (χ3n) is 8.30. The van der Waals surface area contributed by atoms with Crippen LogP contribution in [0.25, 0.3) is 10.8 Å². The van der Waals surface area contributed by atoms with E-state index in [1.807, 2.05) is 18.2 Å². The van der Waals surface area contributed by atoms with Gasteiger partial charge in [-0.1, -0.05) is 42.5 Å². The molecule has 4 aromatic rings. The first-order valence-corrected chi connectivity index (χ1v) is 18.5. The molecular formula is C34H39ClN6O7S2. The minimum absolute atomic E-state index is 0. The zero-order valence-corrected chi connectivity index (χ0v) is 29.6. The number of carbonyl (C=O) groups is 2. The maximum Gasteiger partial charge on any atom is 0.337 e. The van der Waals surface area contributed by atoms with Crippen molar-refractivity contribution < 1.29 is 31.2 Å². The van der Waals surface area contributed by atoms with Crippen LogP contribution in [0.4, 0.5) is 5.69 Å². The molecule has 1 heterocycles. The number of nitrogens with one attached hydrogen (secondary N) is 4. The van der Waals surface area contributed by atoms with E-state index in [1.54, 1.807) is 35.2 Å². The lowest BCUT2D eigenvalue weighted by Gasteiger charge is -2.33. The molecule has 4 aromatic carbocycles. The average Bonchev–Trinajstić information content (AvgIpc) is 3.10. The number of rotatable bonds is 12. The molecule has 1 amide bonds. The first-order valence-electron chi connectivity index (χ1n) is 15.5. The molecule has 266 valence electrons. The zero-order chi connectivity index (χ0) is 35.2. The summed E-state index contributed by atoms with van der Waals surface area (Å²) in [6.07, 6.45) is 1.61. The van der Waals surface area contributed by atoms with E-state index in [0.29, 0.717) is 18.7 Å². The Morgan fingerprint density at radius 1 is 0.920 bits per heavy atom. The number of nitrogens with zero attached hydrogens (tertiary/aromatic N) is 1. The number of benzene rings is 4. The number of halogens is 1. The largest absolute Gasteiger partial charge is 0.465 e. The number of piperidine rings is 1. The molecule has 0 aliphatic carbocycles. The number of fused-ring (bicyclic) bond motifs is 1. The fourth-order valence-corrected chi connectivity index (χ4v) is 7.93. The van der Waals surface area contributed by atoms with Crippen molar-refractivity contribution in [1.29, 1.82) is 5.41 Å². The van der Waals surface area contributed by atoms with Gasteiger partial charge in [0.1, 0.15) is 6.04 Å². The van der Waals surface area contributed by atoms with Gasteiger partial charge >= 0.3 is 5.97 Å². The number of hydrogen-bond acceptors (Lipinski definition) is 8. The molecule has 1 aliphatic rings. The zero-order valence-electron chi connectivity index (χ0n) is 27.2. The molecule has 0 radical (unpaired) electrons. The molecule has 1 saturated heterocycles. The highest BCUT2D eigenvalue weighted by molar-refractivity contribution is 7.92. The maximum atomic E-state index is 13.6. The summed E-state index contributed by atoms with van der Waals surface area (Å²) in [5, 5.41) is 12.2. The number of carbonyl (C=O) groups excluding carboxylic acids is 2. The maximum absolute atomic E-state index is 13.6. The van der Waals surface area contributed by atoms with Gasteiger partial charge in [0.15, 0.2) is 5.96 Å². The summed E-state index contributed by atoms with van der Waals surface area (Å²) in [7, 11) is -6.90. The summed E-state index contributed by atoms with van der Waals surface area (Å²) < 4.78 is 62.8. The van der Waals surface area contributed by atoms with Gasteiger partial charge in [-0.2, -0.15) is 4.72 Å². The number of guanidine groups is 1. The predicted molar refractivity (Wildman–Crippen MR) is 193 cm³/mol. The Morgan fingerprint density at radius 2 is 1.58 bits per heavy atom. The lowest BCUT2D eigenvalue weighted by atomic mass is 9.98. The number of anilines is 1. The molecule has 2 atom stereocenters. The van der Waals surface area contributed by atoms with Crippen LogP contribution in [0.1, 0.15) is 28.8 Å². The second kappa shape index (κ2) is 16.3. The van der Waals surface area contributed by atoms with Crippen LogP contribution in [0.2, 0.25) is 0 Å².